The van der Waals surface area contributed by atoms with Crippen molar-refractivity contribution < 1.29 is 9.31 Å². The van der Waals surface area contributed by atoms with Gasteiger partial charge >= 0.3 is 0 Å². The number of halogens is 1. The van der Waals surface area contributed by atoms with Gasteiger partial charge in [0.1, 0.15) is 11.5 Å². The minimum Gasteiger partial charge on any atom is -0.376 e. The Morgan fingerprint density at radius 2 is 2.10 bits per heavy atom. The maximum Gasteiger partial charge on any atom is 0.295 e. The molecule has 1 aromatic rings. The molecule has 1 fully saturated rings. The lowest BCUT2D eigenvalue weighted by Crippen LogP contribution is -2.38. The maximum atomic E-state index is 13.1. The van der Waals surface area contributed by atoms with Crippen LogP contribution >= 0.6 is 0 Å². The fourth-order valence-corrected chi connectivity index (χ4v) is 2.62. The van der Waals surface area contributed by atoms with Crippen LogP contribution in [0.15, 0.2) is 18.2 Å². The second-order valence-corrected chi connectivity index (χ2v) is 5.33. The molecule has 1 aromatic carbocycles. The first-order valence-corrected chi connectivity index (χ1v) is 6.99. The summed E-state index contributed by atoms with van der Waals surface area (Å²) in [6, 6.07) is 3.70. The molecule has 1 unspecified atom stereocenters. The molecule has 0 bridgehead atoms. The lowest BCUT2D eigenvalue weighted by Gasteiger charge is -2.29. The molecular weight excluding hydrogens is 261 g/mol. The minimum absolute atomic E-state index is 0.0808. The van der Waals surface area contributed by atoms with Crippen LogP contribution in [0.25, 0.3) is 0 Å². The summed E-state index contributed by atoms with van der Waals surface area (Å²) in [6.07, 6.45) is 3.70. The van der Waals surface area contributed by atoms with Gasteiger partial charge in [0.05, 0.1) is 11.0 Å². The molecule has 1 aliphatic rings. The zero-order valence-corrected chi connectivity index (χ0v) is 11.6. The van der Waals surface area contributed by atoms with Gasteiger partial charge in [-0.3, -0.25) is 10.1 Å². The quantitative estimate of drug-likeness (QED) is 0.665. The van der Waals surface area contributed by atoms with Crippen molar-refractivity contribution in [1.29, 1.82) is 0 Å². The number of likely N-dealkylation sites (tertiary alicyclic amines) is 1. The molecule has 0 saturated carbocycles. The highest BCUT2D eigenvalue weighted by Gasteiger charge is 2.18. The first-order chi connectivity index (χ1) is 9.56. The van der Waals surface area contributed by atoms with E-state index in [2.05, 4.69) is 10.2 Å². The predicted octanol–water partition coefficient (Wildman–Crippen LogP) is 3.02. The molecular formula is C14H20FN3O2. The second kappa shape index (κ2) is 6.65. The molecule has 0 amide bonds. The number of nitro benzene ring substituents is 1. The lowest BCUT2D eigenvalue weighted by atomic mass is 10.1. The van der Waals surface area contributed by atoms with E-state index >= 15 is 0 Å². The van der Waals surface area contributed by atoms with E-state index in [0.29, 0.717) is 5.69 Å². The van der Waals surface area contributed by atoms with E-state index in [0.717, 1.165) is 25.7 Å². The third-order valence-corrected chi connectivity index (χ3v) is 3.54. The van der Waals surface area contributed by atoms with Crippen LogP contribution in [0.3, 0.4) is 0 Å². The van der Waals surface area contributed by atoms with Crippen LogP contribution in [-0.4, -0.2) is 35.5 Å². The monoisotopic (exact) mass is 281 g/mol. The van der Waals surface area contributed by atoms with Gasteiger partial charge in [-0.25, -0.2) is 4.39 Å². The van der Waals surface area contributed by atoms with Gasteiger partial charge in [-0.2, -0.15) is 0 Å². The highest BCUT2D eigenvalue weighted by molar-refractivity contribution is 5.61. The minimum atomic E-state index is -0.592. The van der Waals surface area contributed by atoms with Crippen LogP contribution in [0.4, 0.5) is 15.8 Å². The third-order valence-electron chi connectivity index (χ3n) is 3.54. The number of piperidine rings is 1. The van der Waals surface area contributed by atoms with E-state index in [-0.39, 0.29) is 11.7 Å². The number of hydrogen-bond donors (Lipinski definition) is 1. The van der Waals surface area contributed by atoms with Crippen LogP contribution in [0.1, 0.15) is 26.2 Å². The average Bonchev–Trinajstić information content (AvgIpc) is 2.41. The first-order valence-electron chi connectivity index (χ1n) is 6.99. The van der Waals surface area contributed by atoms with Crippen molar-refractivity contribution >= 4 is 11.4 Å². The van der Waals surface area contributed by atoms with Crippen molar-refractivity contribution in [1.82, 2.24) is 4.90 Å². The smallest absolute Gasteiger partial charge is 0.295 e. The molecule has 1 aliphatic heterocycles. The van der Waals surface area contributed by atoms with E-state index in [9.17, 15) is 14.5 Å². The normalized spacial score (nSPS) is 17.7. The molecule has 0 aromatic heterocycles. The molecule has 6 heteroatoms. The number of rotatable bonds is 5. The Kier molecular flexibility index (Phi) is 4.89. The standard InChI is InChI=1S/C14H20FN3O2/c1-11(10-17-7-3-2-4-8-17)16-13-6-5-12(15)9-14(13)18(19)20/h5-6,9,11,16H,2-4,7-8,10H2,1H3. The molecule has 0 aliphatic carbocycles. The van der Waals surface area contributed by atoms with Gasteiger partial charge in [-0.05, 0) is 45.0 Å². The van der Waals surface area contributed by atoms with Gasteiger partial charge in [0, 0.05) is 12.6 Å². The van der Waals surface area contributed by atoms with Crippen molar-refractivity contribution in [2.45, 2.75) is 32.2 Å². The van der Waals surface area contributed by atoms with Gasteiger partial charge in [0.25, 0.3) is 5.69 Å². The predicted molar refractivity (Wildman–Crippen MR) is 76.4 cm³/mol. The summed E-state index contributed by atoms with van der Waals surface area (Å²) in [7, 11) is 0. The topological polar surface area (TPSA) is 58.4 Å². The fraction of sp³-hybridized carbons (Fsp3) is 0.571. The van der Waals surface area contributed by atoms with Crippen molar-refractivity contribution in [3.8, 4) is 0 Å². The molecule has 5 nitrogen and oxygen atoms in total. The van der Waals surface area contributed by atoms with Crippen LogP contribution in [0, 0.1) is 15.9 Å². The number of anilines is 1. The number of nitro groups is 1. The Morgan fingerprint density at radius 1 is 1.40 bits per heavy atom. The number of nitrogens with one attached hydrogen (secondary N) is 1. The Labute approximate surface area is 117 Å². The van der Waals surface area contributed by atoms with E-state index in [1.54, 1.807) is 0 Å². The molecule has 1 heterocycles. The molecule has 1 atom stereocenters. The van der Waals surface area contributed by atoms with E-state index in [1.165, 1.54) is 31.4 Å². The molecule has 1 N–H and O–H groups in total. The summed E-state index contributed by atoms with van der Waals surface area (Å²) in [4.78, 5) is 12.7. The molecule has 2 rings (SSSR count). The summed E-state index contributed by atoms with van der Waals surface area (Å²) in [6.45, 7) is 4.99. The van der Waals surface area contributed by atoms with Gasteiger partial charge in [-0.15, -0.1) is 0 Å². The van der Waals surface area contributed by atoms with Crippen LogP contribution in [-0.2, 0) is 0 Å². The fourth-order valence-electron chi connectivity index (χ4n) is 2.62. The number of hydrogen-bond acceptors (Lipinski definition) is 4. The maximum absolute atomic E-state index is 13.1. The van der Waals surface area contributed by atoms with Gasteiger partial charge in [-0.1, -0.05) is 6.42 Å². The summed E-state index contributed by atoms with van der Waals surface area (Å²) in [5.74, 6) is -0.592. The van der Waals surface area contributed by atoms with Gasteiger partial charge < -0.3 is 10.2 Å². The largest absolute Gasteiger partial charge is 0.376 e. The highest BCUT2D eigenvalue weighted by atomic mass is 19.1. The van der Waals surface area contributed by atoms with Gasteiger partial charge in [0.2, 0.25) is 0 Å². The number of nitrogens with zero attached hydrogens (tertiary/aromatic N) is 2. The summed E-state index contributed by atoms with van der Waals surface area (Å²) in [5, 5.41) is 14.1. The summed E-state index contributed by atoms with van der Waals surface area (Å²) >= 11 is 0. The first kappa shape index (κ1) is 14.7. The van der Waals surface area contributed by atoms with Crippen LogP contribution in [0.5, 0.6) is 0 Å². The van der Waals surface area contributed by atoms with Gasteiger partial charge in [0.15, 0.2) is 0 Å². The van der Waals surface area contributed by atoms with Crippen molar-refractivity contribution in [2.24, 2.45) is 0 Å². The van der Waals surface area contributed by atoms with Crippen LogP contribution < -0.4 is 5.32 Å². The third kappa shape index (κ3) is 3.90. The van der Waals surface area contributed by atoms with Crippen molar-refractivity contribution in [3.05, 3.63) is 34.1 Å². The molecule has 110 valence electrons. The Morgan fingerprint density at radius 3 is 2.75 bits per heavy atom. The van der Waals surface area contributed by atoms with Crippen molar-refractivity contribution in [3.63, 3.8) is 0 Å². The zero-order valence-electron chi connectivity index (χ0n) is 11.6. The molecule has 1 saturated heterocycles. The average molecular weight is 281 g/mol. The zero-order chi connectivity index (χ0) is 14.5. The summed E-state index contributed by atoms with van der Waals surface area (Å²) in [5.41, 5.74) is 0.163. The Balaban J connectivity index is 1.99. The SMILES string of the molecule is CC(CN1CCCCC1)Nc1ccc(F)cc1[N+](=O)[O-]. The van der Waals surface area contributed by atoms with E-state index in [1.807, 2.05) is 6.92 Å². The highest BCUT2D eigenvalue weighted by Crippen LogP contribution is 2.25. The van der Waals surface area contributed by atoms with E-state index in [4.69, 9.17) is 0 Å². The Bertz CT molecular complexity index is 475. The lowest BCUT2D eigenvalue weighted by molar-refractivity contribution is -0.384. The van der Waals surface area contributed by atoms with Crippen LogP contribution in [0.2, 0.25) is 0 Å². The Hall–Kier alpha value is -1.69. The number of benzene rings is 1. The summed E-state index contributed by atoms with van der Waals surface area (Å²) < 4.78 is 13.1. The van der Waals surface area contributed by atoms with E-state index < -0.39 is 10.7 Å². The molecule has 0 radical (unpaired) electrons. The second-order valence-electron chi connectivity index (χ2n) is 5.33. The van der Waals surface area contributed by atoms with Crippen molar-refractivity contribution in [2.75, 3.05) is 25.0 Å². The molecule has 20 heavy (non-hydrogen) atoms. The molecule has 0 spiro atoms.